The highest BCUT2D eigenvalue weighted by atomic mass is 32.2. The number of hydrogen-bond donors (Lipinski definition) is 1. The molecule has 1 aromatic heterocycles. The van der Waals surface area contributed by atoms with E-state index in [-0.39, 0.29) is 5.75 Å². The normalized spacial score (nSPS) is 10.8. The van der Waals surface area contributed by atoms with Crippen molar-refractivity contribution >= 4 is 21.8 Å². The van der Waals surface area contributed by atoms with Crippen LogP contribution in [0.4, 0.5) is 11.5 Å². The molecule has 0 saturated carbocycles. The summed E-state index contributed by atoms with van der Waals surface area (Å²) in [6.07, 6.45) is 4.81. The quantitative estimate of drug-likeness (QED) is 0.695. The number of nitrogens with two attached hydrogens (primary N) is 1. The molecule has 0 bridgehead atoms. The summed E-state index contributed by atoms with van der Waals surface area (Å²) in [4.78, 5) is 10.4. The fourth-order valence-corrected chi connectivity index (χ4v) is 2.80. The largest absolute Gasteiger partial charge is 0.380 e. The van der Waals surface area contributed by atoms with Crippen molar-refractivity contribution < 1.29 is 12.6 Å². The Balaban J connectivity index is 1.88. The van der Waals surface area contributed by atoms with Gasteiger partial charge in [-0.05, 0) is 42.0 Å². The Morgan fingerprint density at radius 3 is 2.33 bits per heavy atom. The molecule has 9 heteroatoms. The van der Waals surface area contributed by atoms with E-state index in [9.17, 15) is 8.42 Å². The van der Waals surface area contributed by atoms with Crippen LogP contribution >= 0.6 is 0 Å². The van der Waals surface area contributed by atoms with Gasteiger partial charge in [-0.3, -0.25) is 4.98 Å². The van der Waals surface area contributed by atoms with Crippen molar-refractivity contribution in [2.45, 2.75) is 6.54 Å². The van der Waals surface area contributed by atoms with Gasteiger partial charge in [-0.1, -0.05) is 12.1 Å². The molecule has 2 aromatic carbocycles. The van der Waals surface area contributed by atoms with Crippen LogP contribution in [0.5, 0.6) is 5.75 Å². The van der Waals surface area contributed by atoms with Gasteiger partial charge in [-0.25, -0.2) is 4.98 Å². The smallest absolute Gasteiger partial charge is 0.371 e. The van der Waals surface area contributed by atoms with Crippen molar-refractivity contribution in [1.82, 2.24) is 9.97 Å². The summed E-state index contributed by atoms with van der Waals surface area (Å²) < 4.78 is 26.6. The van der Waals surface area contributed by atoms with E-state index in [1.807, 2.05) is 17.0 Å². The van der Waals surface area contributed by atoms with Crippen molar-refractivity contribution in [2.24, 2.45) is 5.14 Å². The van der Waals surface area contributed by atoms with Crippen molar-refractivity contribution in [1.29, 1.82) is 5.26 Å². The average Bonchev–Trinajstić information content (AvgIpc) is 2.67. The lowest BCUT2D eigenvalue weighted by molar-refractivity contribution is 0.487. The molecular weight excluding hydrogens is 366 g/mol. The van der Waals surface area contributed by atoms with E-state index in [1.165, 1.54) is 12.1 Å². The minimum atomic E-state index is -4.06. The summed E-state index contributed by atoms with van der Waals surface area (Å²) in [5.74, 6) is 0.762. The highest BCUT2D eigenvalue weighted by Gasteiger charge is 2.12. The number of hydrogen-bond acceptors (Lipinski definition) is 7. The summed E-state index contributed by atoms with van der Waals surface area (Å²) in [6, 6.07) is 15.7. The molecule has 1 heterocycles. The summed E-state index contributed by atoms with van der Waals surface area (Å²) in [6.45, 7) is 0.445. The average molecular weight is 381 g/mol. The molecule has 3 rings (SSSR count). The Morgan fingerprint density at radius 2 is 1.78 bits per heavy atom. The van der Waals surface area contributed by atoms with E-state index in [0.29, 0.717) is 17.9 Å². The van der Waals surface area contributed by atoms with Gasteiger partial charge in [0.05, 0.1) is 17.8 Å². The summed E-state index contributed by atoms with van der Waals surface area (Å²) in [5.41, 5.74) is 2.27. The third-order valence-corrected chi connectivity index (χ3v) is 4.04. The van der Waals surface area contributed by atoms with Crippen molar-refractivity contribution in [3.63, 3.8) is 0 Å². The molecule has 0 fully saturated rings. The van der Waals surface area contributed by atoms with Crippen LogP contribution in [0.3, 0.4) is 0 Å². The zero-order chi connectivity index (χ0) is 19.3. The van der Waals surface area contributed by atoms with Gasteiger partial charge < -0.3 is 9.08 Å². The van der Waals surface area contributed by atoms with Crippen LogP contribution in [0.15, 0.2) is 67.1 Å². The molecule has 0 saturated heterocycles. The highest BCUT2D eigenvalue weighted by molar-refractivity contribution is 7.84. The number of rotatable bonds is 6. The molecule has 2 N–H and O–H groups in total. The van der Waals surface area contributed by atoms with E-state index in [0.717, 1.165) is 11.3 Å². The molecule has 0 unspecified atom stereocenters. The first-order chi connectivity index (χ1) is 12.9. The van der Waals surface area contributed by atoms with Gasteiger partial charge in [-0.2, -0.15) is 18.8 Å². The molecule has 0 atom stereocenters. The lowest BCUT2D eigenvalue weighted by Crippen LogP contribution is -2.19. The van der Waals surface area contributed by atoms with Gasteiger partial charge in [0.25, 0.3) is 0 Å². The van der Waals surface area contributed by atoms with Crippen molar-refractivity contribution in [3.05, 3.63) is 78.2 Å². The summed E-state index contributed by atoms with van der Waals surface area (Å²) >= 11 is 0. The Kier molecular flexibility index (Phi) is 5.30. The number of nitrogens with zero attached hydrogens (tertiary/aromatic N) is 4. The standard InChI is InChI=1S/C18H15N5O3S/c19-11-14-1-5-16(6-2-14)23(18-12-21-9-10-22-18)13-15-3-7-17(8-4-15)26-27(20,24)25/h1-10,12H,13H2,(H2,20,24,25). The van der Waals surface area contributed by atoms with E-state index in [1.54, 1.807) is 42.9 Å². The number of benzene rings is 2. The second kappa shape index (κ2) is 7.82. The molecule has 0 aliphatic rings. The zero-order valence-corrected chi connectivity index (χ0v) is 14.9. The molecule has 136 valence electrons. The van der Waals surface area contributed by atoms with Crippen LogP contribution in [-0.4, -0.2) is 18.4 Å². The van der Waals surface area contributed by atoms with Gasteiger partial charge in [0.15, 0.2) is 5.82 Å². The maximum atomic E-state index is 11.0. The Morgan fingerprint density at radius 1 is 1.07 bits per heavy atom. The van der Waals surface area contributed by atoms with Crippen molar-refractivity contribution in [3.8, 4) is 11.8 Å². The molecule has 0 aliphatic heterocycles. The highest BCUT2D eigenvalue weighted by Crippen LogP contribution is 2.26. The first-order valence-corrected chi connectivity index (χ1v) is 9.26. The molecule has 0 aliphatic carbocycles. The van der Waals surface area contributed by atoms with Gasteiger partial charge in [0, 0.05) is 24.6 Å². The molecular formula is C18H15N5O3S. The van der Waals surface area contributed by atoms with Gasteiger partial charge in [0.1, 0.15) is 5.75 Å². The fraction of sp³-hybridized carbons (Fsp3) is 0.0556. The Hall–Kier alpha value is -3.48. The number of nitriles is 1. The third kappa shape index (κ3) is 5.01. The second-order valence-corrected chi connectivity index (χ2v) is 6.68. The first-order valence-electron chi connectivity index (χ1n) is 7.79. The van der Waals surface area contributed by atoms with Crippen molar-refractivity contribution in [2.75, 3.05) is 4.90 Å². The topological polar surface area (TPSA) is 122 Å². The monoisotopic (exact) mass is 381 g/mol. The van der Waals surface area contributed by atoms with Crippen LogP contribution in [0.2, 0.25) is 0 Å². The summed E-state index contributed by atoms with van der Waals surface area (Å²) in [7, 11) is -4.06. The van der Waals surface area contributed by atoms with E-state index in [2.05, 4.69) is 20.2 Å². The van der Waals surface area contributed by atoms with E-state index < -0.39 is 10.3 Å². The summed E-state index contributed by atoms with van der Waals surface area (Å²) in [5, 5.41) is 13.8. The zero-order valence-electron chi connectivity index (χ0n) is 14.1. The lowest BCUT2D eigenvalue weighted by Gasteiger charge is -2.23. The number of aromatic nitrogens is 2. The molecule has 8 nitrogen and oxygen atoms in total. The van der Waals surface area contributed by atoms with Crippen LogP contribution < -0.4 is 14.2 Å². The molecule has 0 amide bonds. The Labute approximate surface area is 156 Å². The van der Waals surface area contributed by atoms with Gasteiger partial charge >= 0.3 is 10.3 Å². The van der Waals surface area contributed by atoms with Crippen LogP contribution in [0.25, 0.3) is 0 Å². The lowest BCUT2D eigenvalue weighted by atomic mass is 10.1. The first kappa shape index (κ1) is 18.3. The maximum Gasteiger partial charge on any atom is 0.380 e. The fourth-order valence-electron chi connectivity index (χ4n) is 2.42. The number of anilines is 2. The van der Waals surface area contributed by atoms with E-state index >= 15 is 0 Å². The Bertz CT molecular complexity index is 1050. The molecule has 0 spiro atoms. The molecule has 3 aromatic rings. The van der Waals surface area contributed by atoms with Gasteiger partial charge in [0.2, 0.25) is 0 Å². The van der Waals surface area contributed by atoms with Crippen LogP contribution in [0, 0.1) is 11.3 Å². The second-order valence-electron chi connectivity index (χ2n) is 5.53. The van der Waals surface area contributed by atoms with Crippen LogP contribution in [0.1, 0.15) is 11.1 Å². The minimum Gasteiger partial charge on any atom is -0.371 e. The predicted molar refractivity (Wildman–Crippen MR) is 99.2 cm³/mol. The third-order valence-electron chi connectivity index (χ3n) is 3.61. The SMILES string of the molecule is N#Cc1ccc(N(Cc2ccc(OS(N)(=O)=O)cc2)c2cnccn2)cc1. The molecule has 27 heavy (non-hydrogen) atoms. The minimum absolute atomic E-state index is 0.130. The molecule has 0 radical (unpaired) electrons. The maximum absolute atomic E-state index is 11.0. The van der Waals surface area contributed by atoms with E-state index in [4.69, 9.17) is 10.4 Å². The predicted octanol–water partition coefficient (Wildman–Crippen LogP) is 2.27. The van der Waals surface area contributed by atoms with Gasteiger partial charge in [-0.15, -0.1) is 0 Å². The van der Waals surface area contributed by atoms with Crippen LogP contribution in [-0.2, 0) is 16.8 Å².